The molecular formula is C20H32N6O4S. The van der Waals surface area contributed by atoms with Gasteiger partial charge in [-0.15, -0.1) is 0 Å². The molecule has 9 N–H and O–H groups in total. The number of carbonyl (C=O) groups excluding carboxylic acids is 2. The number of carboxylic acid groups (broad SMARTS) is 1. The van der Waals surface area contributed by atoms with Crippen molar-refractivity contribution in [3.05, 3.63) is 35.9 Å². The smallest absolute Gasteiger partial charge is 0.326 e. The fourth-order valence-corrected chi connectivity index (χ4v) is 3.24. The molecule has 1 aromatic carbocycles. The number of guanidine groups is 1. The van der Waals surface area contributed by atoms with Crippen molar-refractivity contribution in [1.29, 1.82) is 0 Å². The molecule has 3 atom stereocenters. The van der Waals surface area contributed by atoms with E-state index < -0.39 is 35.9 Å². The van der Waals surface area contributed by atoms with Crippen LogP contribution in [0.2, 0.25) is 0 Å². The molecule has 0 aromatic heterocycles. The molecule has 1 rings (SSSR count). The molecule has 0 saturated carbocycles. The van der Waals surface area contributed by atoms with E-state index in [1.807, 2.05) is 36.6 Å². The number of carboxylic acids is 1. The fraction of sp³-hybridized carbons (Fsp3) is 0.500. The molecule has 0 heterocycles. The van der Waals surface area contributed by atoms with E-state index in [2.05, 4.69) is 15.6 Å². The Morgan fingerprint density at radius 2 is 1.71 bits per heavy atom. The van der Waals surface area contributed by atoms with E-state index in [1.54, 1.807) is 11.8 Å². The average molecular weight is 453 g/mol. The number of carbonyl (C=O) groups is 3. The quantitative estimate of drug-likeness (QED) is 0.123. The average Bonchev–Trinajstić information content (AvgIpc) is 2.73. The van der Waals surface area contributed by atoms with Crippen LogP contribution in [0.25, 0.3) is 0 Å². The number of amides is 2. The number of nitrogens with two attached hydrogens (primary N) is 3. The van der Waals surface area contributed by atoms with Crippen LogP contribution in [0.15, 0.2) is 35.3 Å². The Hall–Kier alpha value is -2.79. The lowest BCUT2D eigenvalue weighted by molar-refractivity contribution is -0.142. The zero-order chi connectivity index (χ0) is 23.2. The number of hydrogen-bond acceptors (Lipinski definition) is 6. The van der Waals surface area contributed by atoms with Gasteiger partial charge in [0.2, 0.25) is 11.8 Å². The third-order valence-electron chi connectivity index (χ3n) is 4.45. The Balaban J connectivity index is 2.85. The van der Waals surface area contributed by atoms with Crippen LogP contribution in [0.4, 0.5) is 0 Å². The van der Waals surface area contributed by atoms with Crippen LogP contribution < -0.4 is 27.8 Å². The highest BCUT2D eigenvalue weighted by molar-refractivity contribution is 7.98. The molecule has 11 heteroatoms. The summed E-state index contributed by atoms with van der Waals surface area (Å²) in [6.45, 7) is 0.246. The molecule has 0 spiro atoms. The predicted molar refractivity (Wildman–Crippen MR) is 123 cm³/mol. The van der Waals surface area contributed by atoms with E-state index in [4.69, 9.17) is 17.2 Å². The first kappa shape index (κ1) is 26.2. The van der Waals surface area contributed by atoms with Crippen molar-refractivity contribution in [3.63, 3.8) is 0 Å². The first-order chi connectivity index (χ1) is 14.7. The lowest BCUT2D eigenvalue weighted by Crippen LogP contribution is -2.55. The summed E-state index contributed by atoms with van der Waals surface area (Å²) in [7, 11) is 0. The van der Waals surface area contributed by atoms with Gasteiger partial charge in [-0.05, 0) is 36.8 Å². The van der Waals surface area contributed by atoms with E-state index in [-0.39, 0.29) is 25.3 Å². The molecule has 0 saturated heterocycles. The van der Waals surface area contributed by atoms with Crippen LogP contribution in [0, 0.1) is 0 Å². The first-order valence-electron chi connectivity index (χ1n) is 9.92. The SMILES string of the molecule is CSCCC(N)C(=O)NC(Cc1ccccc1)C(=O)NC(CCCN=C(N)N)C(=O)O. The number of hydrogen-bond donors (Lipinski definition) is 6. The highest BCUT2D eigenvalue weighted by Crippen LogP contribution is 2.07. The Labute approximate surface area is 186 Å². The summed E-state index contributed by atoms with van der Waals surface area (Å²) in [6.07, 6.45) is 3.08. The number of rotatable bonds is 14. The maximum atomic E-state index is 12.9. The fourth-order valence-electron chi connectivity index (χ4n) is 2.75. The summed E-state index contributed by atoms with van der Waals surface area (Å²) >= 11 is 1.57. The molecule has 0 fully saturated rings. The second-order valence-corrected chi connectivity index (χ2v) is 7.97. The zero-order valence-electron chi connectivity index (χ0n) is 17.6. The number of aliphatic carboxylic acids is 1. The van der Waals surface area contributed by atoms with Gasteiger partial charge in [0.05, 0.1) is 6.04 Å². The molecule has 0 bridgehead atoms. The Morgan fingerprint density at radius 3 is 2.29 bits per heavy atom. The maximum Gasteiger partial charge on any atom is 0.326 e. The second kappa shape index (κ2) is 14.3. The Kier molecular flexibility index (Phi) is 12.1. The van der Waals surface area contributed by atoms with Gasteiger partial charge in [-0.25, -0.2) is 4.79 Å². The number of nitrogens with zero attached hydrogens (tertiary/aromatic N) is 1. The molecule has 3 unspecified atom stereocenters. The molecule has 0 aliphatic carbocycles. The predicted octanol–water partition coefficient (Wildman–Crippen LogP) is -0.583. The molecule has 10 nitrogen and oxygen atoms in total. The third-order valence-corrected chi connectivity index (χ3v) is 5.09. The minimum absolute atomic E-state index is 0.0839. The van der Waals surface area contributed by atoms with Gasteiger partial charge in [0, 0.05) is 13.0 Å². The van der Waals surface area contributed by atoms with Crippen molar-refractivity contribution < 1.29 is 19.5 Å². The molecule has 0 aliphatic rings. The molecule has 31 heavy (non-hydrogen) atoms. The van der Waals surface area contributed by atoms with Crippen molar-refractivity contribution in [2.75, 3.05) is 18.6 Å². The molecular weight excluding hydrogens is 420 g/mol. The van der Waals surface area contributed by atoms with Gasteiger partial charge >= 0.3 is 5.97 Å². The van der Waals surface area contributed by atoms with Crippen molar-refractivity contribution >= 4 is 35.5 Å². The standard InChI is InChI=1S/C20H32N6O4S/c1-31-11-9-14(21)17(27)26-16(12-13-6-3-2-4-7-13)18(28)25-15(19(29)30)8-5-10-24-20(22)23/h2-4,6-7,14-16H,5,8-12,21H2,1H3,(H,25,28)(H,26,27)(H,29,30)(H4,22,23,24). The number of benzene rings is 1. The van der Waals surface area contributed by atoms with Crippen molar-refractivity contribution in [2.24, 2.45) is 22.2 Å². The van der Waals surface area contributed by atoms with Crippen LogP contribution in [-0.2, 0) is 20.8 Å². The minimum atomic E-state index is -1.18. The topological polar surface area (TPSA) is 186 Å². The van der Waals surface area contributed by atoms with Crippen LogP contribution >= 0.6 is 11.8 Å². The van der Waals surface area contributed by atoms with Gasteiger partial charge in [-0.1, -0.05) is 30.3 Å². The molecule has 2 amide bonds. The summed E-state index contributed by atoms with van der Waals surface area (Å²) < 4.78 is 0. The third kappa shape index (κ3) is 10.7. The van der Waals surface area contributed by atoms with Gasteiger partial charge in [0.1, 0.15) is 12.1 Å². The zero-order valence-corrected chi connectivity index (χ0v) is 18.4. The van der Waals surface area contributed by atoms with Gasteiger partial charge in [-0.2, -0.15) is 11.8 Å². The van der Waals surface area contributed by atoms with Crippen LogP contribution in [0.3, 0.4) is 0 Å². The summed E-state index contributed by atoms with van der Waals surface area (Å²) in [5, 5.41) is 14.6. The summed E-state index contributed by atoms with van der Waals surface area (Å²) in [6, 6.07) is 6.27. The summed E-state index contributed by atoms with van der Waals surface area (Å²) in [4.78, 5) is 40.7. The van der Waals surface area contributed by atoms with E-state index in [1.165, 1.54) is 0 Å². The van der Waals surface area contributed by atoms with Crippen LogP contribution in [-0.4, -0.2) is 65.5 Å². The van der Waals surface area contributed by atoms with Crippen LogP contribution in [0.5, 0.6) is 0 Å². The molecule has 0 radical (unpaired) electrons. The van der Waals surface area contributed by atoms with Gasteiger partial charge in [0.15, 0.2) is 5.96 Å². The largest absolute Gasteiger partial charge is 0.480 e. The highest BCUT2D eigenvalue weighted by Gasteiger charge is 2.28. The van der Waals surface area contributed by atoms with E-state index in [0.717, 1.165) is 5.56 Å². The molecule has 172 valence electrons. The monoisotopic (exact) mass is 452 g/mol. The number of thioether (sulfide) groups is 1. The molecule has 0 aliphatic heterocycles. The van der Waals surface area contributed by atoms with Crippen LogP contribution in [0.1, 0.15) is 24.8 Å². The summed E-state index contributed by atoms with van der Waals surface area (Å²) in [5.74, 6) is -1.60. The van der Waals surface area contributed by atoms with Crippen molar-refractivity contribution in [3.8, 4) is 0 Å². The van der Waals surface area contributed by atoms with Crippen molar-refractivity contribution in [2.45, 2.75) is 43.8 Å². The van der Waals surface area contributed by atoms with Gasteiger partial charge in [-0.3, -0.25) is 14.6 Å². The van der Waals surface area contributed by atoms with E-state index in [0.29, 0.717) is 18.6 Å². The first-order valence-corrected chi connectivity index (χ1v) is 11.3. The lowest BCUT2D eigenvalue weighted by Gasteiger charge is -2.23. The summed E-state index contributed by atoms with van der Waals surface area (Å²) in [5.41, 5.74) is 17.2. The number of aliphatic imine (C=N–C) groups is 1. The van der Waals surface area contributed by atoms with Gasteiger partial charge in [0.25, 0.3) is 0 Å². The minimum Gasteiger partial charge on any atom is -0.480 e. The maximum absolute atomic E-state index is 12.9. The van der Waals surface area contributed by atoms with E-state index in [9.17, 15) is 19.5 Å². The Bertz CT molecular complexity index is 742. The normalized spacial score (nSPS) is 13.5. The number of nitrogens with one attached hydrogen (secondary N) is 2. The lowest BCUT2D eigenvalue weighted by atomic mass is 10.0. The van der Waals surface area contributed by atoms with E-state index >= 15 is 0 Å². The van der Waals surface area contributed by atoms with Gasteiger partial charge < -0.3 is 32.9 Å². The second-order valence-electron chi connectivity index (χ2n) is 6.99. The molecule has 1 aromatic rings. The Morgan fingerprint density at radius 1 is 1.06 bits per heavy atom. The highest BCUT2D eigenvalue weighted by atomic mass is 32.2. The van der Waals surface area contributed by atoms with Crippen molar-refractivity contribution in [1.82, 2.24) is 10.6 Å².